The normalized spacial score (nSPS) is 11.0. The minimum atomic E-state index is -4.22. The summed E-state index contributed by atoms with van der Waals surface area (Å²) in [7, 11) is 0.227. The van der Waals surface area contributed by atoms with E-state index in [0.29, 0.717) is 28.9 Å². The first-order valence-corrected chi connectivity index (χ1v) is 14.3. The molecule has 0 bridgehead atoms. The average molecular weight is 585 g/mol. The summed E-state index contributed by atoms with van der Waals surface area (Å²) < 4.78 is 49.8. The van der Waals surface area contributed by atoms with Crippen LogP contribution in [0.1, 0.15) is 6.92 Å². The van der Waals surface area contributed by atoms with Crippen molar-refractivity contribution in [2.75, 3.05) is 44.1 Å². The smallest absolute Gasteiger partial charge is 0.264 e. The molecule has 0 fully saturated rings. The Morgan fingerprint density at radius 1 is 0.875 bits per heavy atom. The Balaban J connectivity index is 1.61. The Labute approximate surface area is 236 Å². The van der Waals surface area contributed by atoms with Crippen LogP contribution in [-0.4, -0.2) is 59.0 Å². The maximum Gasteiger partial charge on any atom is 0.264 e. The number of benzene rings is 3. The van der Waals surface area contributed by atoms with Crippen molar-refractivity contribution in [1.82, 2.24) is 10.2 Å². The first-order chi connectivity index (χ1) is 19.3. The van der Waals surface area contributed by atoms with Crippen LogP contribution in [0.15, 0.2) is 71.6 Å². The molecule has 1 aromatic heterocycles. The summed E-state index contributed by atoms with van der Waals surface area (Å²) in [5.41, 5.74) is 1.07. The zero-order valence-corrected chi connectivity index (χ0v) is 23.9. The van der Waals surface area contributed by atoms with Crippen molar-refractivity contribution in [3.8, 4) is 33.6 Å². The molecule has 3 aromatic carbocycles. The van der Waals surface area contributed by atoms with Gasteiger partial charge < -0.3 is 18.9 Å². The molecule has 0 saturated heterocycles. The highest BCUT2D eigenvalue weighted by Crippen LogP contribution is 2.33. The van der Waals surface area contributed by atoms with E-state index in [4.69, 9.17) is 18.9 Å². The molecule has 4 aromatic rings. The van der Waals surface area contributed by atoms with Gasteiger partial charge in [0.25, 0.3) is 10.0 Å². The van der Waals surface area contributed by atoms with Crippen molar-refractivity contribution in [2.24, 2.45) is 0 Å². The van der Waals surface area contributed by atoms with Crippen LogP contribution in [0.4, 0.5) is 10.8 Å². The number of anilines is 2. The number of carbonyl (C=O) groups excluding carboxylic acids is 1. The van der Waals surface area contributed by atoms with Crippen LogP contribution < -0.4 is 28.6 Å². The number of nitrogens with one attached hydrogen (secondary N) is 1. The van der Waals surface area contributed by atoms with Crippen molar-refractivity contribution in [3.63, 3.8) is 0 Å². The largest absolute Gasteiger partial charge is 0.497 e. The van der Waals surface area contributed by atoms with Crippen LogP contribution in [0.2, 0.25) is 0 Å². The van der Waals surface area contributed by atoms with Crippen LogP contribution in [0.25, 0.3) is 10.6 Å². The molecule has 13 heteroatoms. The van der Waals surface area contributed by atoms with Crippen molar-refractivity contribution >= 4 is 38.1 Å². The van der Waals surface area contributed by atoms with Crippen LogP contribution >= 0.6 is 11.3 Å². The van der Waals surface area contributed by atoms with E-state index in [1.807, 2.05) is 19.1 Å². The summed E-state index contributed by atoms with van der Waals surface area (Å²) in [5.74, 6) is 1.27. The predicted molar refractivity (Wildman–Crippen MR) is 152 cm³/mol. The van der Waals surface area contributed by atoms with Gasteiger partial charge in [-0.05, 0) is 67.6 Å². The highest BCUT2D eigenvalue weighted by Gasteiger charge is 2.29. The molecule has 1 amide bonds. The van der Waals surface area contributed by atoms with Gasteiger partial charge in [0.15, 0.2) is 11.5 Å². The summed E-state index contributed by atoms with van der Waals surface area (Å²) in [6, 6.07) is 17.9. The second-order valence-corrected chi connectivity index (χ2v) is 11.0. The van der Waals surface area contributed by atoms with Gasteiger partial charge in [-0.3, -0.25) is 14.4 Å². The first-order valence-electron chi connectivity index (χ1n) is 12.0. The Kier molecular flexibility index (Phi) is 9.07. The topological polar surface area (TPSA) is 129 Å². The fourth-order valence-electron chi connectivity index (χ4n) is 3.71. The number of methoxy groups -OCH3 is 3. The minimum Gasteiger partial charge on any atom is -0.497 e. The summed E-state index contributed by atoms with van der Waals surface area (Å²) in [5, 5.41) is 11.6. The second kappa shape index (κ2) is 12.7. The van der Waals surface area contributed by atoms with E-state index in [1.54, 1.807) is 43.5 Å². The molecule has 11 nitrogen and oxygen atoms in total. The van der Waals surface area contributed by atoms with Crippen molar-refractivity contribution in [2.45, 2.75) is 11.8 Å². The fourth-order valence-corrected chi connectivity index (χ4v) is 5.91. The van der Waals surface area contributed by atoms with Crippen LogP contribution in [0.3, 0.4) is 0 Å². The second-order valence-electron chi connectivity index (χ2n) is 8.14. The Bertz CT molecular complexity index is 1560. The van der Waals surface area contributed by atoms with Gasteiger partial charge in [-0.25, -0.2) is 8.42 Å². The van der Waals surface area contributed by atoms with Gasteiger partial charge in [0.05, 0.1) is 38.5 Å². The monoisotopic (exact) mass is 584 g/mol. The number of aromatic nitrogens is 2. The number of hydrogen-bond donors (Lipinski definition) is 1. The number of hydrogen-bond acceptors (Lipinski definition) is 10. The number of carbonyl (C=O) groups is 1. The molecule has 0 radical (unpaired) electrons. The van der Waals surface area contributed by atoms with Gasteiger partial charge in [0.1, 0.15) is 23.1 Å². The van der Waals surface area contributed by atoms with Gasteiger partial charge in [-0.2, -0.15) is 0 Å². The third kappa shape index (κ3) is 6.43. The average Bonchev–Trinajstić information content (AvgIpc) is 3.44. The predicted octanol–water partition coefficient (Wildman–Crippen LogP) is 4.46. The third-order valence-electron chi connectivity index (χ3n) is 5.67. The zero-order chi connectivity index (χ0) is 28.7. The van der Waals surface area contributed by atoms with Gasteiger partial charge in [-0.1, -0.05) is 11.3 Å². The summed E-state index contributed by atoms with van der Waals surface area (Å²) in [6.07, 6.45) is 0. The summed E-state index contributed by atoms with van der Waals surface area (Å²) >= 11 is 1.16. The van der Waals surface area contributed by atoms with E-state index in [1.165, 1.54) is 32.4 Å². The zero-order valence-electron chi connectivity index (χ0n) is 22.3. The van der Waals surface area contributed by atoms with Gasteiger partial charge in [0, 0.05) is 11.6 Å². The Hall–Kier alpha value is -4.36. The van der Waals surface area contributed by atoms with E-state index in [-0.39, 0.29) is 21.5 Å². The number of nitrogens with zero attached hydrogens (tertiary/aromatic N) is 3. The molecule has 40 heavy (non-hydrogen) atoms. The van der Waals surface area contributed by atoms with E-state index in [9.17, 15) is 13.2 Å². The molecule has 1 heterocycles. The quantitative estimate of drug-likeness (QED) is 0.256. The van der Waals surface area contributed by atoms with E-state index >= 15 is 0 Å². The molecule has 0 aliphatic carbocycles. The molecule has 0 atom stereocenters. The Morgan fingerprint density at radius 2 is 1.55 bits per heavy atom. The molecule has 0 saturated carbocycles. The van der Waals surface area contributed by atoms with Crippen LogP contribution in [0, 0.1) is 0 Å². The van der Waals surface area contributed by atoms with E-state index in [2.05, 4.69) is 15.5 Å². The van der Waals surface area contributed by atoms with Gasteiger partial charge >= 0.3 is 0 Å². The standard InChI is InChI=1S/C27H28N4O7S2/c1-5-38-21-12-8-19(9-13-21)31(40(33,34)22-14-15-23(36-3)24(16-22)37-4)17-25(32)28-27-30-29-26(39-27)18-6-10-20(35-2)11-7-18/h6-16H,5,17H2,1-4H3,(H,28,30,32). The maximum absolute atomic E-state index is 13.8. The molecular weight excluding hydrogens is 556 g/mol. The number of sulfonamides is 1. The lowest BCUT2D eigenvalue weighted by Gasteiger charge is -2.24. The number of amides is 1. The lowest BCUT2D eigenvalue weighted by atomic mass is 10.2. The first kappa shape index (κ1) is 28.6. The maximum atomic E-state index is 13.8. The lowest BCUT2D eigenvalue weighted by Crippen LogP contribution is -2.38. The van der Waals surface area contributed by atoms with E-state index in [0.717, 1.165) is 21.2 Å². The van der Waals surface area contributed by atoms with Crippen molar-refractivity contribution in [1.29, 1.82) is 0 Å². The van der Waals surface area contributed by atoms with Gasteiger partial charge in [-0.15, -0.1) is 10.2 Å². The summed E-state index contributed by atoms with van der Waals surface area (Å²) in [4.78, 5) is 13.1. The molecule has 0 aliphatic heterocycles. The highest BCUT2D eigenvalue weighted by atomic mass is 32.2. The third-order valence-corrected chi connectivity index (χ3v) is 8.33. The minimum absolute atomic E-state index is 0.0791. The number of rotatable bonds is 12. The Morgan fingerprint density at radius 3 is 2.17 bits per heavy atom. The fraction of sp³-hybridized carbons (Fsp3) is 0.222. The molecular formula is C27H28N4O7S2. The van der Waals surface area contributed by atoms with E-state index < -0.39 is 22.5 Å². The van der Waals surface area contributed by atoms with Crippen LogP contribution in [0.5, 0.6) is 23.0 Å². The molecule has 4 rings (SSSR count). The molecule has 210 valence electrons. The number of ether oxygens (including phenoxy) is 4. The molecule has 0 spiro atoms. The lowest BCUT2D eigenvalue weighted by molar-refractivity contribution is -0.114. The van der Waals surface area contributed by atoms with Crippen molar-refractivity contribution in [3.05, 3.63) is 66.7 Å². The SMILES string of the molecule is CCOc1ccc(N(CC(=O)Nc2nnc(-c3ccc(OC)cc3)s2)S(=O)(=O)c2ccc(OC)c(OC)c2)cc1. The molecule has 0 unspecified atom stereocenters. The summed E-state index contributed by atoms with van der Waals surface area (Å²) in [6.45, 7) is 1.78. The van der Waals surface area contributed by atoms with Crippen LogP contribution in [-0.2, 0) is 14.8 Å². The molecule has 1 N–H and O–H groups in total. The van der Waals surface area contributed by atoms with Crippen molar-refractivity contribution < 1.29 is 32.2 Å². The van der Waals surface area contributed by atoms with Gasteiger partial charge in [0.2, 0.25) is 11.0 Å². The highest BCUT2D eigenvalue weighted by molar-refractivity contribution is 7.92. The molecule has 0 aliphatic rings.